The van der Waals surface area contributed by atoms with Crippen molar-refractivity contribution >= 4 is 11.9 Å². The summed E-state index contributed by atoms with van der Waals surface area (Å²) in [6.07, 6.45) is 0. The van der Waals surface area contributed by atoms with Gasteiger partial charge in [0, 0.05) is 18.7 Å². The van der Waals surface area contributed by atoms with Crippen LogP contribution in [0.2, 0.25) is 0 Å². The van der Waals surface area contributed by atoms with Crippen LogP contribution >= 0.6 is 0 Å². The van der Waals surface area contributed by atoms with Crippen molar-refractivity contribution in [3.8, 4) is 17.2 Å². The van der Waals surface area contributed by atoms with Gasteiger partial charge in [0.25, 0.3) is 5.91 Å². The highest BCUT2D eigenvalue weighted by Crippen LogP contribution is 2.34. The lowest BCUT2D eigenvalue weighted by Gasteiger charge is -2.16. The summed E-state index contributed by atoms with van der Waals surface area (Å²) >= 11 is 0. The highest BCUT2D eigenvalue weighted by Gasteiger charge is 2.23. The number of rotatable bonds is 8. The first-order valence-corrected chi connectivity index (χ1v) is 7.87. The summed E-state index contributed by atoms with van der Waals surface area (Å²) in [6.45, 7) is -0.0598. The van der Waals surface area contributed by atoms with E-state index in [9.17, 15) is 14.7 Å². The maximum Gasteiger partial charge on any atom is 0.312 e. The fourth-order valence-corrected chi connectivity index (χ4v) is 2.53. The summed E-state index contributed by atoms with van der Waals surface area (Å²) in [5.74, 6) is -1.25. The van der Waals surface area contributed by atoms with Gasteiger partial charge in [0.2, 0.25) is 0 Å². The number of carbonyl (C=O) groups is 2. The maximum absolute atomic E-state index is 12.6. The van der Waals surface area contributed by atoms with Gasteiger partial charge >= 0.3 is 5.97 Å². The molecule has 0 aromatic heterocycles. The summed E-state index contributed by atoms with van der Waals surface area (Å²) in [5, 5.41) is 12.1. The first-order valence-electron chi connectivity index (χ1n) is 7.87. The highest BCUT2D eigenvalue weighted by atomic mass is 16.5. The molecule has 7 heteroatoms. The Balaban J connectivity index is 2.22. The zero-order valence-electron chi connectivity index (χ0n) is 14.8. The minimum atomic E-state index is -1.02. The lowest BCUT2D eigenvalue weighted by Crippen LogP contribution is -2.32. The maximum atomic E-state index is 12.6. The van der Waals surface area contributed by atoms with Crippen molar-refractivity contribution in [1.82, 2.24) is 5.32 Å². The third kappa shape index (κ3) is 4.24. The van der Waals surface area contributed by atoms with Crippen LogP contribution in [0.1, 0.15) is 21.8 Å². The van der Waals surface area contributed by atoms with Crippen LogP contribution in [0.4, 0.5) is 0 Å². The molecule has 0 saturated carbocycles. The second-order valence-corrected chi connectivity index (χ2v) is 5.42. The van der Waals surface area contributed by atoms with Crippen LogP contribution in [0, 0.1) is 0 Å². The van der Waals surface area contributed by atoms with E-state index in [0.29, 0.717) is 22.8 Å². The molecule has 0 bridgehead atoms. The highest BCUT2D eigenvalue weighted by molar-refractivity contribution is 5.98. The van der Waals surface area contributed by atoms with E-state index in [-0.39, 0.29) is 12.1 Å². The van der Waals surface area contributed by atoms with E-state index < -0.39 is 17.8 Å². The Morgan fingerprint density at radius 1 is 0.962 bits per heavy atom. The van der Waals surface area contributed by atoms with Gasteiger partial charge in [0.15, 0.2) is 11.5 Å². The van der Waals surface area contributed by atoms with E-state index in [1.807, 2.05) is 0 Å². The standard InChI is InChI=1S/C19H21NO6/c1-24-15-10-17(26-3)16(25-2)9-13(15)18(21)20-11-14(19(22)23)12-7-5-4-6-8-12/h4-10,14H,11H2,1-3H3,(H,20,21)(H,22,23). The van der Waals surface area contributed by atoms with Gasteiger partial charge in [0.05, 0.1) is 32.8 Å². The van der Waals surface area contributed by atoms with Crippen molar-refractivity contribution in [2.24, 2.45) is 0 Å². The molecule has 2 aromatic rings. The molecule has 0 fully saturated rings. The Hall–Kier alpha value is -3.22. The molecule has 2 aromatic carbocycles. The average Bonchev–Trinajstić information content (AvgIpc) is 2.67. The molecule has 2 rings (SSSR count). The molecule has 0 saturated heterocycles. The first-order chi connectivity index (χ1) is 12.5. The van der Waals surface area contributed by atoms with Gasteiger partial charge < -0.3 is 24.6 Å². The van der Waals surface area contributed by atoms with Crippen LogP contribution in [-0.4, -0.2) is 44.9 Å². The number of nitrogens with one attached hydrogen (secondary N) is 1. The summed E-state index contributed by atoms with van der Waals surface area (Å²) in [6, 6.07) is 11.8. The van der Waals surface area contributed by atoms with Crippen molar-refractivity contribution in [2.45, 2.75) is 5.92 Å². The quantitative estimate of drug-likeness (QED) is 0.751. The zero-order chi connectivity index (χ0) is 19.1. The second kappa shape index (κ2) is 8.75. The Labute approximate surface area is 151 Å². The normalized spacial score (nSPS) is 11.3. The monoisotopic (exact) mass is 359 g/mol. The van der Waals surface area contributed by atoms with Crippen LogP contribution in [0.5, 0.6) is 17.2 Å². The van der Waals surface area contributed by atoms with Gasteiger partial charge in [-0.25, -0.2) is 0 Å². The predicted octanol–water partition coefficient (Wildman–Crippen LogP) is 2.31. The molecule has 2 N–H and O–H groups in total. The van der Waals surface area contributed by atoms with Gasteiger partial charge in [0.1, 0.15) is 5.75 Å². The summed E-state index contributed by atoms with van der Waals surface area (Å²) < 4.78 is 15.6. The van der Waals surface area contributed by atoms with E-state index >= 15 is 0 Å². The van der Waals surface area contributed by atoms with E-state index in [1.165, 1.54) is 27.4 Å². The number of hydrogen-bond donors (Lipinski definition) is 2. The molecule has 0 aliphatic heterocycles. The van der Waals surface area contributed by atoms with Gasteiger partial charge in [-0.2, -0.15) is 0 Å². The van der Waals surface area contributed by atoms with Crippen LogP contribution in [0.3, 0.4) is 0 Å². The molecule has 0 aliphatic rings. The molecule has 7 nitrogen and oxygen atoms in total. The van der Waals surface area contributed by atoms with E-state index in [2.05, 4.69) is 5.32 Å². The first kappa shape index (κ1) is 19.1. The molecule has 138 valence electrons. The molecular weight excluding hydrogens is 338 g/mol. The number of benzene rings is 2. The van der Waals surface area contributed by atoms with E-state index in [4.69, 9.17) is 14.2 Å². The SMILES string of the molecule is COc1cc(OC)c(C(=O)NCC(C(=O)O)c2ccccc2)cc1OC. The van der Waals surface area contributed by atoms with E-state index in [0.717, 1.165) is 0 Å². The third-order valence-corrected chi connectivity index (χ3v) is 3.92. The van der Waals surface area contributed by atoms with Gasteiger partial charge in [-0.15, -0.1) is 0 Å². The largest absolute Gasteiger partial charge is 0.496 e. The Kier molecular flexibility index (Phi) is 6.43. The Morgan fingerprint density at radius 3 is 2.08 bits per heavy atom. The number of carboxylic acid groups (broad SMARTS) is 1. The van der Waals surface area contributed by atoms with Gasteiger partial charge in [-0.05, 0) is 5.56 Å². The smallest absolute Gasteiger partial charge is 0.312 e. The Bertz CT molecular complexity index is 775. The second-order valence-electron chi connectivity index (χ2n) is 5.42. The molecular formula is C19H21NO6. The van der Waals surface area contributed by atoms with Crippen molar-refractivity contribution in [3.05, 3.63) is 53.6 Å². The third-order valence-electron chi connectivity index (χ3n) is 3.92. The lowest BCUT2D eigenvalue weighted by atomic mass is 9.99. The number of methoxy groups -OCH3 is 3. The molecule has 1 atom stereocenters. The lowest BCUT2D eigenvalue weighted by molar-refractivity contribution is -0.138. The van der Waals surface area contributed by atoms with E-state index in [1.54, 1.807) is 36.4 Å². The number of amides is 1. The minimum absolute atomic E-state index is 0.0598. The number of carbonyl (C=O) groups excluding carboxylic acids is 1. The molecule has 1 unspecified atom stereocenters. The van der Waals surface area contributed by atoms with Crippen molar-refractivity contribution in [1.29, 1.82) is 0 Å². The van der Waals surface area contributed by atoms with Crippen LogP contribution in [-0.2, 0) is 4.79 Å². The molecule has 0 aliphatic carbocycles. The van der Waals surface area contributed by atoms with Crippen molar-refractivity contribution < 1.29 is 28.9 Å². The number of hydrogen-bond acceptors (Lipinski definition) is 5. The predicted molar refractivity (Wildman–Crippen MR) is 95.3 cm³/mol. The molecule has 0 radical (unpaired) electrons. The summed E-state index contributed by atoms with van der Waals surface area (Å²) in [4.78, 5) is 24.1. The summed E-state index contributed by atoms with van der Waals surface area (Å²) in [5.41, 5.74) is 0.835. The molecule has 1 amide bonds. The van der Waals surface area contributed by atoms with Gasteiger partial charge in [-0.1, -0.05) is 30.3 Å². The zero-order valence-corrected chi connectivity index (χ0v) is 14.8. The van der Waals surface area contributed by atoms with Crippen molar-refractivity contribution in [2.75, 3.05) is 27.9 Å². The summed E-state index contributed by atoms with van der Waals surface area (Å²) in [7, 11) is 4.37. The number of aliphatic carboxylic acids is 1. The van der Waals surface area contributed by atoms with Gasteiger partial charge in [-0.3, -0.25) is 9.59 Å². The minimum Gasteiger partial charge on any atom is -0.496 e. The number of ether oxygens (including phenoxy) is 3. The van der Waals surface area contributed by atoms with Crippen LogP contribution in [0.25, 0.3) is 0 Å². The average molecular weight is 359 g/mol. The molecule has 26 heavy (non-hydrogen) atoms. The fraction of sp³-hybridized carbons (Fsp3) is 0.263. The van der Waals surface area contributed by atoms with Crippen LogP contribution in [0.15, 0.2) is 42.5 Å². The Morgan fingerprint density at radius 2 is 1.54 bits per heavy atom. The fourth-order valence-electron chi connectivity index (χ4n) is 2.53. The topological polar surface area (TPSA) is 94.1 Å². The number of carboxylic acids is 1. The van der Waals surface area contributed by atoms with Crippen LogP contribution < -0.4 is 19.5 Å². The van der Waals surface area contributed by atoms with Crippen molar-refractivity contribution in [3.63, 3.8) is 0 Å². The molecule has 0 spiro atoms. The molecule has 0 heterocycles.